The minimum Gasteiger partial charge on any atom is -0.371 e. The molecule has 1 fully saturated rings. The Morgan fingerprint density at radius 2 is 1.86 bits per heavy atom. The van der Waals surface area contributed by atoms with E-state index < -0.39 is 0 Å². The van der Waals surface area contributed by atoms with Gasteiger partial charge in [-0.1, -0.05) is 12.1 Å². The zero-order chi connectivity index (χ0) is 20.1. The first-order valence-corrected chi connectivity index (χ1v) is 9.90. The van der Waals surface area contributed by atoms with Crippen LogP contribution in [0.1, 0.15) is 28.8 Å². The third kappa shape index (κ3) is 4.54. The first kappa shape index (κ1) is 18.9. The molecule has 0 saturated carbocycles. The van der Waals surface area contributed by atoms with Gasteiger partial charge in [-0.25, -0.2) is 4.68 Å². The van der Waals surface area contributed by atoms with Crippen LogP contribution in [-0.4, -0.2) is 35.1 Å². The lowest BCUT2D eigenvalue weighted by Crippen LogP contribution is -2.40. The van der Waals surface area contributed by atoms with Crippen LogP contribution in [0.5, 0.6) is 0 Å². The molecule has 1 aliphatic heterocycles. The first-order chi connectivity index (χ1) is 14.2. The Bertz CT molecular complexity index is 959. The molecule has 1 N–H and O–H groups in total. The fourth-order valence-corrected chi connectivity index (χ4v) is 3.73. The van der Waals surface area contributed by atoms with Gasteiger partial charge in [0.25, 0.3) is 0 Å². The van der Waals surface area contributed by atoms with Gasteiger partial charge in [-0.3, -0.25) is 9.59 Å². The lowest BCUT2D eigenvalue weighted by Gasteiger charge is -2.33. The molecule has 29 heavy (non-hydrogen) atoms. The van der Waals surface area contributed by atoms with Gasteiger partial charge in [-0.2, -0.15) is 5.10 Å². The van der Waals surface area contributed by atoms with E-state index in [1.54, 1.807) is 6.20 Å². The number of aromatic nitrogens is 2. The van der Waals surface area contributed by atoms with E-state index in [9.17, 15) is 9.59 Å². The van der Waals surface area contributed by atoms with Gasteiger partial charge < -0.3 is 10.2 Å². The van der Waals surface area contributed by atoms with E-state index in [0.717, 1.165) is 49.2 Å². The SMILES string of the molecule is O=Cc1ccc(N2CCC(C(=O)NCc3cccc(-n4cccn4)c3)CC2)cc1. The predicted molar refractivity (Wildman–Crippen MR) is 112 cm³/mol. The summed E-state index contributed by atoms with van der Waals surface area (Å²) < 4.78 is 1.81. The standard InChI is InChI=1S/C23H24N4O2/c28-17-18-5-7-21(8-6-18)26-13-9-20(10-14-26)23(29)24-16-19-3-1-4-22(15-19)27-12-2-11-25-27/h1-8,11-12,15,17,20H,9-10,13-14,16H2,(H,24,29). The van der Waals surface area contributed by atoms with Crippen LogP contribution in [0.25, 0.3) is 5.69 Å². The van der Waals surface area contributed by atoms with Crippen LogP contribution in [0.4, 0.5) is 5.69 Å². The molecule has 0 unspecified atom stereocenters. The molecule has 6 heteroatoms. The number of carbonyl (C=O) groups excluding carboxylic acids is 2. The molecule has 0 spiro atoms. The fraction of sp³-hybridized carbons (Fsp3) is 0.261. The van der Waals surface area contributed by atoms with Crippen molar-refractivity contribution in [1.82, 2.24) is 15.1 Å². The Labute approximate surface area is 170 Å². The molecule has 6 nitrogen and oxygen atoms in total. The highest BCUT2D eigenvalue weighted by Gasteiger charge is 2.25. The average Bonchev–Trinajstić information content (AvgIpc) is 3.33. The lowest BCUT2D eigenvalue weighted by molar-refractivity contribution is -0.125. The van der Waals surface area contributed by atoms with E-state index in [1.807, 2.05) is 65.5 Å². The summed E-state index contributed by atoms with van der Waals surface area (Å²) >= 11 is 0. The monoisotopic (exact) mass is 388 g/mol. The Morgan fingerprint density at radius 1 is 1.07 bits per heavy atom. The van der Waals surface area contributed by atoms with Gasteiger partial charge in [0.2, 0.25) is 5.91 Å². The Morgan fingerprint density at radius 3 is 2.55 bits per heavy atom. The second kappa shape index (κ2) is 8.73. The van der Waals surface area contributed by atoms with E-state index in [4.69, 9.17) is 0 Å². The van der Waals surface area contributed by atoms with Gasteiger partial charge in [-0.15, -0.1) is 0 Å². The van der Waals surface area contributed by atoms with Crippen LogP contribution in [0, 0.1) is 5.92 Å². The summed E-state index contributed by atoms with van der Waals surface area (Å²) in [5.41, 5.74) is 3.82. The van der Waals surface area contributed by atoms with Crippen molar-refractivity contribution in [2.75, 3.05) is 18.0 Å². The number of anilines is 1. The Kier molecular flexibility index (Phi) is 5.70. The van der Waals surface area contributed by atoms with E-state index in [1.165, 1.54) is 0 Å². The van der Waals surface area contributed by atoms with E-state index >= 15 is 0 Å². The van der Waals surface area contributed by atoms with Crippen LogP contribution in [0.15, 0.2) is 67.0 Å². The zero-order valence-electron chi connectivity index (χ0n) is 16.2. The largest absolute Gasteiger partial charge is 0.371 e. The van der Waals surface area contributed by atoms with Crippen molar-refractivity contribution in [3.63, 3.8) is 0 Å². The van der Waals surface area contributed by atoms with Crippen LogP contribution in [0.2, 0.25) is 0 Å². The highest BCUT2D eigenvalue weighted by molar-refractivity contribution is 5.79. The number of benzene rings is 2. The molecule has 0 bridgehead atoms. The smallest absolute Gasteiger partial charge is 0.223 e. The number of carbonyl (C=O) groups is 2. The second-order valence-electron chi connectivity index (χ2n) is 7.31. The fourth-order valence-electron chi connectivity index (χ4n) is 3.73. The minimum absolute atomic E-state index is 0.0368. The highest BCUT2D eigenvalue weighted by atomic mass is 16.1. The van der Waals surface area contributed by atoms with Gasteiger partial charge >= 0.3 is 0 Å². The third-order valence-electron chi connectivity index (χ3n) is 5.41. The van der Waals surface area contributed by atoms with Crippen LogP contribution in [0.3, 0.4) is 0 Å². The predicted octanol–water partition coefficient (Wildman–Crippen LogP) is 3.22. The summed E-state index contributed by atoms with van der Waals surface area (Å²) in [4.78, 5) is 25.7. The summed E-state index contributed by atoms with van der Waals surface area (Å²) in [7, 11) is 0. The number of rotatable bonds is 6. The van der Waals surface area contributed by atoms with E-state index in [2.05, 4.69) is 15.3 Å². The molecule has 0 atom stereocenters. The quantitative estimate of drug-likeness (QED) is 0.659. The Balaban J connectivity index is 1.29. The molecular formula is C23H24N4O2. The summed E-state index contributed by atoms with van der Waals surface area (Å²) in [6, 6.07) is 17.5. The van der Waals surface area contributed by atoms with Crippen molar-refractivity contribution in [3.8, 4) is 5.69 Å². The molecule has 2 heterocycles. The third-order valence-corrected chi connectivity index (χ3v) is 5.41. The van der Waals surface area contributed by atoms with Crippen molar-refractivity contribution in [2.45, 2.75) is 19.4 Å². The highest BCUT2D eigenvalue weighted by Crippen LogP contribution is 2.23. The van der Waals surface area contributed by atoms with E-state index in [-0.39, 0.29) is 11.8 Å². The number of nitrogens with one attached hydrogen (secondary N) is 1. The van der Waals surface area contributed by atoms with Crippen LogP contribution >= 0.6 is 0 Å². The molecule has 2 aromatic carbocycles. The molecule has 3 aromatic rings. The molecule has 148 valence electrons. The van der Waals surface area contributed by atoms with Gasteiger partial charge in [0.05, 0.1) is 5.69 Å². The van der Waals surface area contributed by atoms with Crippen molar-refractivity contribution in [1.29, 1.82) is 0 Å². The van der Waals surface area contributed by atoms with Gasteiger partial charge in [0, 0.05) is 49.2 Å². The molecule has 1 aliphatic rings. The zero-order valence-corrected chi connectivity index (χ0v) is 16.2. The molecule has 1 amide bonds. The molecular weight excluding hydrogens is 364 g/mol. The summed E-state index contributed by atoms with van der Waals surface area (Å²) in [5.74, 6) is 0.153. The topological polar surface area (TPSA) is 67.2 Å². The number of hydrogen-bond acceptors (Lipinski definition) is 4. The lowest BCUT2D eigenvalue weighted by atomic mass is 9.95. The molecule has 1 saturated heterocycles. The molecule has 4 rings (SSSR count). The van der Waals surface area contributed by atoms with Gasteiger partial charge in [0.15, 0.2) is 0 Å². The van der Waals surface area contributed by atoms with Crippen molar-refractivity contribution in [2.24, 2.45) is 5.92 Å². The van der Waals surface area contributed by atoms with Crippen LogP contribution in [-0.2, 0) is 11.3 Å². The second-order valence-corrected chi connectivity index (χ2v) is 7.31. The van der Waals surface area contributed by atoms with Gasteiger partial charge in [-0.05, 0) is 60.9 Å². The number of piperidine rings is 1. The van der Waals surface area contributed by atoms with Crippen molar-refractivity contribution >= 4 is 17.9 Å². The van der Waals surface area contributed by atoms with Crippen LogP contribution < -0.4 is 10.2 Å². The summed E-state index contributed by atoms with van der Waals surface area (Å²) in [6.07, 6.45) is 6.16. The summed E-state index contributed by atoms with van der Waals surface area (Å²) in [6.45, 7) is 2.20. The normalized spacial score (nSPS) is 14.6. The number of amides is 1. The first-order valence-electron chi connectivity index (χ1n) is 9.90. The minimum atomic E-state index is 0.0368. The maximum absolute atomic E-state index is 12.6. The van der Waals surface area contributed by atoms with Crippen molar-refractivity contribution < 1.29 is 9.59 Å². The Hall–Kier alpha value is -3.41. The summed E-state index contributed by atoms with van der Waals surface area (Å²) in [5, 5.41) is 7.33. The number of aldehydes is 1. The molecule has 1 aromatic heterocycles. The maximum Gasteiger partial charge on any atom is 0.223 e. The number of hydrogen-bond donors (Lipinski definition) is 1. The molecule has 0 radical (unpaired) electrons. The van der Waals surface area contributed by atoms with E-state index in [0.29, 0.717) is 12.1 Å². The maximum atomic E-state index is 12.6. The van der Waals surface area contributed by atoms with Crippen molar-refractivity contribution in [3.05, 3.63) is 78.1 Å². The van der Waals surface area contributed by atoms with Gasteiger partial charge in [0.1, 0.15) is 6.29 Å². The average molecular weight is 388 g/mol. The number of nitrogens with zero attached hydrogens (tertiary/aromatic N) is 3. The molecule has 0 aliphatic carbocycles.